The van der Waals surface area contributed by atoms with Crippen molar-refractivity contribution >= 4 is 24.0 Å². The van der Waals surface area contributed by atoms with Crippen LogP contribution in [-0.2, 0) is 11.3 Å². The summed E-state index contributed by atoms with van der Waals surface area (Å²) in [5, 5.41) is 8.02. The van der Waals surface area contributed by atoms with Crippen LogP contribution in [0.5, 0.6) is 0 Å². The smallest absolute Gasteiger partial charge is 0.230 e. The minimum absolute atomic E-state index is 0. The fourth-order valence-electron chi connectivity index (χ4n) is 3.33. The molecule has 2 saturated heterocycles. The Morgan fingerprint density at radius 3 is 2.67 bits per heavy atom. The quantitative estimate of drug-likeness (QED) is 0.692. The maximum absolute atomic E-state index is 5.55. The second-order valence-electron chi connectivity index (χ2n) is 5.90. The van der Waals surface area contributed by atoms with E-state index in [1.807, 2.05) is 6.92 Å². The first kappa shape index (κ1) is 17.1. The van der Waals surface area contributed by atoms with Gasteiger partial charge in [-0.3, -0.25) is 4.90 Å². The lowest BCUT2D eigenvalue weighted by Gasteiger charge is -2.26. The van der Waals surface area contributed by atoms with Gasteiger partial charge in [0, 0.05) is 33.2 Å². The van der Waals surface area contributed by atoms with Gasteiger partial charge in [0.05, 0.1) is 12.6 Å². The predicted octanol–water partition coefficient (Wildman–Crippen LogP) is 1.68. The van der Waals surface area contributed by atoms with Crippen molar-refractivity contribution in [1.82, 2.24) is 20.0 Å². The lowest BCUT2D eigenvalue weighted by molar-refractivity contribution is 0.105. The molecule has 2 fully saturated rings. The van der Waals surface area contributed by atoms with Crippen LogP contribution in [0.25, 0.3) is 0 Å². The van der Waals surface area contributed by atoms with Crippen LogP contribution in [-0.4, -0.2) is 65.4 Å². The second-order valence-corrected chi connectivity index (χ2v) is 5.90. The molecule has 0 N–H and O–H groups in total. The van der Waals surface area contributed by atoms with Crippen molar-refractivity contribution in [1.29, 1.82) is 0 Å². The van der Waals surface area contributed by atoms with Crippen LogP contribution in [0.1, 0.15) is 31.0 Å². The predicted molar refractivity (Wildman–Crippen MR) is 89.7 cm³/mol. The van der Waals surface area contributed by atoms with E-state index in [1.54, 1.807) is 7.11 Å². The van der Waals surface area contributed by atoms with Crippen molar-refractivity contribution in [3.8, 4) is 0 Å². The van der Waals surface area contributed by atoms with E-state index in [9.17, 15) is 0 Å². The Balaban J connectivity index is 0.00000161. The van der Waals surface area contributed by atoms with Crippen LogP contribution in [0.15, 0.2) is 4.42 Å². The third-order valence-corrected chi connectivity index (χ3v) is 4.40. The minimum atomic E-state index is 0. The fourth-order valence-corrected chi connectivity index (χ4v) is 3.33. The Hall–Kier alpha value is -0.250. The van der Waals surface area contributed by atoms with Crippen LogP contribution >= 0.6 is 24.0 Å². The molecule has 0 unspecified atom stereocenters. The number of hydrogen-bond donors (Lipinski definition) is 0. The van der Waals surface area contributed by atoms with Gasteiger partial charge >= 0.3 is 0 Å². The topological polar surface area (TPSA) is 54.6 Å². The van der Waals surface area contributed by atoms with Crippen LogP contribution in [0.2, 0.25) is 0 Å². The van der Waals surface area contributed by atoms with Crippen molar-refractivity contribution in [3.05, 3.63) is 11.8 Å². The van der Waals surface area contributed by atoms with Gasteiger partial charge in [-0.05, 0) is 32.4 Å². The highest BCUT2D eigenvalue weighted by molar-refractivity contribution is 14.0. The standard InChI is InChI=1S/C14H24N4O2.HI/c1-11-15-16-14(20-11)10-18-9-13(19-2)7-12(18)8-17-5-3-4-6-17;/h12-13H,3-10H2,1-2H3;1H/t12-,13-;/m0./s1. The molecule has 1 aromatic rings. The number of likely N-dealkylation sites (tertiary alicyclic amines) is 2. The zero-order chi connectivity index (χ0) is 13.9. The van der Waals surface area contributed by atoms with Gasteiger partial charge in [0.25, 0.3) is 0 Å². The van der Waals surface area contributed by atoms with E-state index in [0.717, 1.165) is 26.1 Å². The average Bonchev–Trinajstić information content (AvgIpc) is 3.14. The highest BCUT2D eigenvalue weighted by Gasteiger charge is 2.34. The molecule has 7 heteroatoms. The molecule has 2 aliphatic rings. The highest BCUT2D eigenvalue weighted by atomic mass is 127. The van der Waals surface area contributed by atoms with Crippen LogP contribution in [0.3, 0.4) is 0 Å². The second kappa shape index (κ2) is 7.85. The summed E-state index contributed by atoms with van der Waals surface area (Å²) in [6, 6.07) is 0.533. The average molecular weight is 408 g/mol. The largest absolute Gasteiger partial charge is 0.424 e. The first-order valence-electron chi connectivity index (χ1n) is 7.53. The first-order chi connectivity index (χ1) is 9.74. The summed E-state index contributed by atoms with van der Waals surface area (Å²) in [4.78, 5) is 4.99. The van der Waals surface area contributed by atoms with Crippen LogP contribution < -0.4 is 0 Å². The summed E-state index contributed by atoms with van der Waals surface area (Å²) in [7, 11) is 1.80. The van der Waals surface area contributed by atoms with E-state index in [2.05, 4.69) is 20.0 Å². The Morgan fingerprint density at radius 2 is 2.05 bits per heavy atom. The molecular weight excluding hydrogens is 383 g/mol. The summed E-state index contributed by atoms with van der Waals surface area (Å²) in [5.41, 5.74) is 0. The monoisotopic (exact) mass is 408 g/mol. The van der Waals surface area contributed by atoms with E-state index < -0.39 is 0 Å². The number of aryl methyl sites for hydroxylation is 1. The maximum atomic E-state index is 5.55. The molecule has 2 aliphatic heterocycles. The Morgan fingerprint density at radius 1 is 1.29 bits per heavy atom. The third kappa shape index (κ3) is 4.37. The van der Waals surface area contributed by atoms with Crippen LogP contribution in [0.4, 0.5) is 0 Å². The molecule has 1 aromatic heterocycles. The Labute approximate surface area is 143 Å². The summed E-state index contributed by atoms with van der Waals surface area (Å²) in [5.74, 6) is 1.35. The van der Waals surface area contributed by atoms with Gasteiger partial charge < -0.3 is 14.1 Å². The van der Waals surface area contributed by atoms with Crippen molar-refractivity contribution in [2.24, 2.45) is 0 Å². The zero-order valence-corrected chi connectivity index (χ0v) is 15.2. The molecule has 3 rings (SSSR count). The molecule has 0 saturated carbocycles. The number of aromatic nitrogens is 2. The molecule has 0 radical (unpaired) electrons. The van der Waals surface area contributed by atoms with Gasteiger partial charge in [-0.25, -0.2) is 0 Å². The van der Waals surface area contributed by atoms with Crippen molar-refractivity contribution in [2.75, 3.05) is 33.3 Å². The molecule has 0 aliphatic carbocycles. The first-order valence-corrected chi connectivity index (χ1v) is 7.53. The normalized spacial score (nSPS) is 27.1. The van der Waals surface area contributed by atoms with Crippen molar-refractivity contribution < 1.29 is 9.15 Å². The van der Waals surface area contributed by atoms with Crippen molar-refractivity contribution in [3.63, 3.8) is 0 Å². The lowest BCUT2D eigenvalue weighted by Crippen LogP contribution is -2.39. The number of nitrogens with zero attached hydrogens (tertiary/aromatic N) is 4. The fraction of sp³-hybridized carbons (Fsp3) is 0.857. The summed E-state index contributed by atoms with van der Waals surface area (Å²) < 4.78 is 11.1. The SMILES string of the molecule is CO[C@H]1C[C@@H](CN2CCCC2)N(Cc2nnc(C)o2)C1.I. The summed E-state index contributed by atoms with van der Waals surface area (Å²) in [6.07, 6.45) is 4.10. The molecule has 0 bridgehead atoms. The van der Waals surface area contributed by atoms with Gasteiger partial charge in [-0.2, -0.15) is 0 Å². The van der Waals surface area contributed by atoms with E-state index in [-0.39, 0.29) is 24.0 Å². The summed E-state index contributed by atoms with van der Waals surface area (Å²) in [6.45, 7) is 7.13. The number of halogens is 1. The molecule has 3 heterocycles. The molecular formula is C14H25IN4O2. The highest BCUT2D eigenvalue weighted by Crippen LogP contribution is 2.24. The molecule has 0 amide bonds. The lowest BCUT2D eigenvalue weighted by atomic mass is 10.2. The number of hydrogen-bond acceptors (Lipinski definition) is 6. The molecule has 21 heavy (non-hydrogen) atoms. The van der Waals surface area contributed by atoms with Crippen molar-refractivity contribution in [2.45, 2.75) is 44.9 Å². The molecule has 120 valence electrons. The van der Waals surface area contributed by atoms with E-state index in [0.29, 0.717) is 23.9 Å². The Kier molecular flexibility index (Phi) is 6.39. The number of rotatable bonds is 5. The van der Waals surface area contributed by atoms with E-state index >= 15 is 0 Å². The number of ether oxygens (including phenoxy) is 1. The van der Waals surface area contributed by atoms with Gasteiger partial charge in [0.15, 0.2) is 0 Å². The third-order valence-electron chi connectivity index (χ3n) is 4.40. The van der Waals surface area contributed by atoms with Gasteiger partial charge in [0.1, 0.15) is 0 Å². The Bertz CT molecular complexity index is 436. The van der Waals surface area contributed by atoms with E-state index in [1.165, 1.54) is 25.9 Å². The summed E-state index contributed by atoms with van der Waals surface area (Å²) >= 11 is 0. The zero-order valence-electron chi connectivity index (χ0n) is 12.8. The molecule has 2 atom stereocenters. The number of methoxy groups -OCH3 is 1. The van der Waals surface area contributed by atoms with E-state index in [4.69, 9.17) is 9.15 Å². The minimum Gasteiger partial charge on any atom is -0.424 e. The van der Waals surface area contributed by atoms with Gasteiger partial charge in [0.2, 0.25) is 11.8 Å². The van der Waals surface area contributed by atoms with Gasteiger partial charge in [-0.15, -0.1) is 34.2 Å². The van der Waals surface area contributed by atoms with Gasteiger partial charge in [-0.1, -0.05) is 0 Å². The molecule has 6 nitrogen and oxygen atoms in total. The molecule has 0 aromatic carbocycles. The van der Waals surface area contributed by atoms with Crippen LogP contribution in [0, 0.1) is 6.92 Å². The maximum Gasteiger partial charge on any atom is 0.230 e. The molecule has 0 spiro atoms.